The normalized spacial score (nSPS) is 18.9. The molecule has 0 unspecified atom stereocenters. The molecule has 0 spiro atoms. The Kier molecular flexibility index (Phi) is 2.79. The van der Waals surface area contributed by atoms with Gasteiger partial charge in [-0.25, -0.2) is 0 Å². The third-order valence-electron chi connectivity index (χ3n) is 2.82. The summed E-state index contributed by atoms with van der Waals surface area (Å²) in [6.45, 7) is 0. The van der Waals surface area contributed by atoms with Gasteiger partial charge in [-0.3, -0.25) is 0 Å². The van der Waals surface area contributed by atoms with Crippen molar-refractivity contribution in [3.05, 3.63) is 39.8 Å². The number of azide groups is 1. The molecule has 0 fully saturated rings. The van der Waals surface area contributed by atoms with E-state index in [2.05, 4.69) is 10.0 Å². The van der Waals surface area contributed by atoms with Crippen LogP contribution in [0.5, 0.6) is 5.75 Å². The maximum absolute atomic E-state index is 8.48. The first-order chi connectivity index (χ1) is 7.35. The zero-order chi connectivity index (χ0) is 10.7. The van der Waals surface area contributed by atoms with Gasteiger partial charge in [-0.2, -0.15) is 0 Å². The highest BCUT2D eigenvalue weighted by atomic mass is 16.5. The molecule has 0 radical (unpaired) electrons. The van der Waals surface area contributed by atoms with Crippen LogP contribution >= 0.6 is 0 Å². The molecule has 4 nitrogen and oxygen atoms in total. The second kappa shape index (κ2) is 4.24. The molecule has 1 aliphatic rings. The summed E-state index contributed by atoms with van der Waals surface area (Å²) in [7, 11) is 1.66. The number of rotatable bonds is 2. The predicted molar refractivity (Wildman–Crippen MR) is 57.8 cm³/mol. The standard InChI is InChI=1S/C11H13N3O/c1-15-9-5-6-10-8(7-9)3-2-4-11(10)13-14-12/h5-7,11H,2-4H2,1H3/t11-/m0/s1. The fraction of sp³-hybridized carbons (Fsp3) is 0.455. The molecule has 15 heavy (non-hydrogen) atoms. The average molecular weight is 203 g/mol. The lowest BCUT2D eigenvalue weighted by molar-refractivity contribution is 0.413. The largest absolute Gasteiger partial charge is 0.497 e. The van der Waals surface area contributed by atoms with E-state index < -0.39 is 0 Å². The highest BCUT2D eigenvalue weighted by Gasteiger charge is 2.19. The fourth-order valence-corrected chi connectivity index (χ4v) is 2.07. The van der Waals surface area contributed by atoms with Crippen molar-refractivity contribution in [1.82, 2.24) is 0 Å². The quantitative estimate of drug-likeness (QED) is 0.413. The molecule has 0 saturated heterocycles. The maximum atomic E-state index is 8.48. The van der Waals surface area contributed by atoms with Crippen molar-refractivity contribution < 1.29 is 4.74 Å². The van der Waals surface area contributed by atoms with Crippen LogP contribution in [0.15, 0.2) is 23.3 Å². The van der Waals surface area contributed by atoms with Gasteiger partial charge in [0.2, 0.25) is 0 Å². The molecule has 0 bridgehead atoms. The summed E-state index contributed by atoms with van der Waals surface area (Å²) in [6.07, 6.45) is 3.07. The van der Waals surface area contributed by atoms with Crippen LogP contribution in [0, 0.1) is 0 Å². The SMILES string of the molecule is COc1ccc2c(c1)CCC[C@@H]2N=[N+]=[N-]. The molecule has 0 aliphatic heterocycles. The van der Waals surface area contributed by atoms with Crippen molar-refractivity contribution in [1.29, 1.82) is 0 Å². The minimum atomic E-state index is 0.00431. The van der Waals surface area contributed by atoms with Crippen LogP contribution in [-0.4, -0.2) is 7.11 Å². The summed E-state index contributed by atoms with van der Waals surface area (Å²) in [5.41, 5.74) is 10.9. The van der Waals surface area contributed by atoms with E-state index in [-0.39, 0.29) is 6.04 Å². The summed E-state index contributed by atoms with van der Waals surface area (Å²) < 4.78 is 5.17. The van der Waals surface area contributed by atoms with E-state index in [4.69, 9.17) is 10.3 Å². The predicted octanol–water partition coefficient (Wildman–Crippen LogP) is 3.38. The molecule has 4 heteroatoms. The van der Waals surface area contributed by atoms with Gasteiger partial charge in [-0.05, 0) is 48.1 Å². The van der Waals surface area contributed by atoms with Gasteiger partial charge in [0.05, 0.1) is 13.2 Å². The first kappa shape index (κ1) is 9.87. The zero-order valence-electron chi connectivity index (χ0n) is 8.68. The van der Waals surface area contributed by atoms with E-state index in [0.717, 1.165) is 30.6 Å². The molecule has 0 amide bonds. The van der Waals surface area contributed by atoms with Gasteiger partial charge in [0, 0.05) is 4.91 Å². The average Bonchev–Trinajstić information content (AvgIpc) is 2.29. The summed E-state index contributed by atoms with van der Waals surface area (Å²) in [6, 6.07) is 5.97. The van der Waals surface area contributed by atoms with Crippen LogP contribution in [0.4, 0.5) is 0 Å². The van der Waals surface area contributed by atoms with E-state index in [0.29, 0.717) is 0 Å². The minimum Gasteiger partial charge on any atom is -0.497 e. The van der Waals surface area contributed by atoms with E-state index >= 15 is 0 Å². The first-order valence-corrected chi connectivity index (χ1v) is 5.06. The summed E-state index contributed by atoms with van der Waals surface area (Å²) in [4.78, 5) is 2.89. The Labute approximate surface area is 88.5 Å². The van der Waals surface area contributed by atoms with Crippen LogP contribution in [0.1, 0.15) is 30.0 Å². The lowest BCUT2D eigenvalue weighted by Gasteiger charge is -2.22. The van der Waals surface area contributed by atoms with Crippen molar-refractivity contribution in [2.45, 2.75) is 25.3 Å². The molecule has 2 rings (SSSR count). The summed E-state index contributed by atoms with van der Waals surface area (Å²) >= 11 is 0. The Morgan fingerprint density at radius 1 is 1.53 bits per heavy atom. The molecule has 0 heterocycles. The molecular weight excluding hydrogens is 190 g/mol. The van der Waals surface area contributed by atoms with Crippen molar-refractivity contribution in [3.8, 4) is 5.75 Å². The number of benzene rings is 1. The fourth-order valence-electron chi connectivity index (χ4n) is 2.07. The minimum absolute atomic E-state index is 0.00431. The Bertz CT molecular complexity index is 410. The number of fused-ring (bicyclic) bond motifs is 1. The number of ether oxygens (including phenoxy) is 1. The Balaban J connectivity index is 2.40. The van der Waals surface area contributed by atoms with Gasteiger partial charge in [0.1, 0.15) is 5.75 Å². The highest BCUT2D eigenvalue weighted by molar-refractivity contribution is 5.39. The van der Waals surface area contributed by atoms with Crippen molar-refractivity contribution >= 4 is 0 Å². The zero-order valence-corrected chi connectivity index (χ0v) is 8.68. The number of nitrogens with zero attached hydrogens (tertiary/aromatic N) is 3. The molecule has 0 saturated carbocycles. The maximum Gasteiger partial charge on any atom is 0.119 e. The van der Waals surface area contributed by atoms with Gasteiger partial charge in [0.15, 0.2) is 0 Å². The van der Waals surface area contributed by atoms with Crippen LogP contribution < -0.4 is 4.74 Å². The lowest BCUT2D eigenvalue weighted by atomic mass is 9.88. The molecule has 0 N–H and O–H groups in total. The van der Waals surface area contributed by atoms with Crippen molar-refractivity contribution in [2.24, 2.45) is 5.11 Å². The van der Waals surface area contributed by atoms with E-state index in [1.165, 1.54) is 5.56 Å². The van der Waals surface area contributed by atoms with Gasteiger partial charge >= 0.3 is 0 Å². The van der Waals surface area contributed by atoms with E-state index in [1.807, 2.05) is 18.2 Å². The van der Waals surface area contributed by atoms with Gasteiger partial charge < -0.3 is 4.74 Å². The highest BCUT2D eigenvalue weighted by Crippen LogP contribution is 2.34. The number of hydrogen-bond donors (Lipinski definition) is 0. The molecule has 1 aliphatic carbocycles. The third kappa shape index (κ3) is 1.90. The van der Waals surface area contributed by atoms with E-state index in [1.54, 1.807) is 7.11 Å². The van der Waals surface area contributed by atoms with Gasteiger partial charge in [-0.15, -0.1) is 0 Å². The molecule has 0 aromatic heterocycles. The van der Waals surface area contributed by atoms with Gasteiger partial charge in [-0.1, -0.05) is 11.2 Å². The summed E-state index contributed by atoms with van der Waals surface area (Å²) in [5, 5.41) is 3.82. The summed E-state index contributed by atoms with van der Waals surface area (Å²) in [5.74, 6) is 0.871. The smallest absolute Gasteiger partial charge is 0.119 e. The lowest BCUT2D eigenvalue weighted by Crippen LogP contribution is -2.07. The molecule has 1 atom stereocenters. The molecular formula is C11H13N3O. The Morgan fingerprint density at radius 2 is 2.40 bits per heavy atom. The number of methoxy groups -OCH3 is 1. The molecule has 1 aromatic rings. The van der Waals surface area contributed by atoms with Crippen LogP contribution in [-0.2, 0) is 6.42 Å². The van der Waals surface area contributed by atoms with Crippen LogP contribution in [0.2, 0.25) is 0 Å². The number of aryl methyl sites for hydroxylation is 1. The molecule has 1 aromatic carbocycles. The second-order valence-corrected chi connectivity index (χ2v) is 3.68. The van der Waals surface area contributed by atoms with E-state index in [9.17, 15) is 0 Å². The Hall–Kier alpha value is -1.67. The topological polar surface area (TPSA) is 58.0 Å². The van der Waals surface area contributed by atoms with Gasteiger partial charge in [0.25, 0.3) is 0 Å². The number of hydrogen-bond acceptors (Lipinski definition) is 2. The van der Waals surface area contributed by atoms with Crippen LogP contribution in [0.3, 0.4) is 0 Å². The first-order valence-electron chi connectivity index (χ1n) is 5.06. The molecule has 78 valence electrons. The van der Waals surface area contributed by atoms with Crippen molar-refractivity contribution in [3.63, 3.8) is 0 Å². The third-order valence-corrected chi connectivity index (χ3v) is 2.82. The van der Waals surface area contributed by atoms with Crippen LogP contribution in [0.25, 0.3) is 10.4 Å². The van der Waals surface area contributed by atoms with Crippen molar-refractivity contribution in [2.75, 3.05) is 7.11 Å². The Morgan fingerprint density at radius 3 is 3.13 bits per heavy atom. The second-order valence-electron chi connectivity index (χ2n) is 3.68. The monoisotopic (exact) mass is 203 g/mol.